The van der Waals surface area contributed by atoms with Gasteiger partial charge in [-0.1, -0.05) is 0 Å². The molecule has 1 aliphatic rings. The lowest BCUT2D eigenvalue weighted by Gasteiger charge is -2.40. The van der Waals surface area contributed by atoms with Crippen LogP contribution in [0.2, 0.25) is 0 Å². The number of nitrogens with two attached hydrogens (primary N) is 1. The molecule has 0 bridgehead atoms. The van der Waals surface area contributed by atoms with Crippen LogP contribution < -0.4 is 16.4 Å². The van der Waals surface area contributed by atoms with E-state index in [0.29, 0.717) is 0 Å². The maximum atomic E-state index is 12.1. The predicted molar refractivity (Wildman–Crippen MR) is 67.7 cm³/mol. The number of urea groups is 1. The first-order valence-electron chi connectivity index (χ1n) is 5.99. The van der Waals surface area contributed by atoms with Crippen LogP contribution in [0.3, 0.4) is 0 Å². The van der Waals surface area contributed by atoms with Crippen molar-refractivity contribution in [3.8, 4) is 0 Å². The van der Waals surface area contributed by atoms with Crippen LogP contribution in [0.4, 0.5) is 4.79 Å². The Bertz CT molecular complexity index is 515. The standard InChI is InChI=1S/C11H16N4O6/c1-11(2)9(20)14-7(17)4-15(11)10(21)13-5(8(18)19)3-6(12)16/h5H,3-4H2,1-2H3,(H2,12,16)(H,13,21)(H,18,19)(H,14,17,20). The Balaban J connectivity index is 2.90. The Kier molecular flexibility index (Phi) is 4.51. The van der Waals surface area contributed by atoms with Crippen LogP contribution >= 0.6 is 0 Å². The van der Waals surface area contributed by atoms with E-state index in [1.54, 1.807) is 0 Å². The van der Waals surface area contributed by atoms with Crippen molar-refractivity contribution in [1.82, 2.24) is 15.5 Å². The van der Waals surface area contributed by atoms with Gasteiger partial charge in [-0.15, -0.1) is 0 Å². The van der Waals surface area contributed by atoms with Gasteiger partial charge in [0.05, 0.1) is 6.42 Å². The smallest absolute Gasteiger partial charge is 0.326 e. The van der Waals surface area contributed by atoms with E-state index in [4.69, 9.17) is 10.8 Å². The Hall–Kier alpha value is -2.65. The van der Waals surface area contributed by atoms with Crippen molar-refractivity contribution in [3.05, 3.63) is 0 Å². The van der Waals surface area contributed by atoms with Gasteiger partial charge in [-0.2, -0.15) is 0 Å². The molecule has 1 atom stereocenters. The summed E-state index contributed by atoms with van der Waals surface area (Å²) in [7, 11) is 0. The minimum atomic E-state index is -1.54. The molecular weight excluding hydrogens is 284 g/mol. The molecular formula is C11H16N4O6. The molecule has 5 amide bonds. The molecule has 1 rings (SSSR count). The first-order valence-corrected chi connectivity index (χ1v) is 5.99. The molecule has 0 radical (unpaired) electrons. The van der Waals surface area contributed by atoms with Crippen LogP contribution in [0, 0.1) is 0 Å². The molecule has 10 heteroatoms. The Labute approximate surface area is 119 Å². The Morgan fingerprint density at radius 1 is 1.43 bits per heavy atom. The zero-order chi connectivity index (χ0) is 16.4. The molecule has 10 nitrogen and oxygen atoms in total. The number of carbonyl (C=O) groups is 5. The lowest BCUT2D eigenvalue weighted by atomic mass is 9.99. The minimum Gasteiger partial charge on any atom is -0.480 e. The van der Waals surface area contributed by atoms with Gasteiger partial charge in [0.2, 0.25) is 11.8 Å². The summed E-state index contributed by atoms with van der Waals surface area (Å²) in [6.07, 6.45) is -0.602. The maximum Gasteiger partial charge on any atom is 0.326 e. The average Bonchev–Trinajstić information content (AvgIpc) is 2.32. The third-order valence-electron chi connectivity index (χ3n) is 3.03. The number of aliphatic carboxylic acids is 1. The molecule has 0 aliphatic carbocycles. The van der Waals surface area contributed by atoms with Gasteiger partial charge in [0, 0.05) is 0 Å². The number of nitrogens with one attached hydrogen (secondary N) is 2. The summed E-state index contributed by atoms with van der Waals surface area (Å²) >= 11 is 0. The fraction of sp³-hybridized carbons (Fsp3) is 0.545. The summed E-state index contributed by atoms with van der Waals surface area (Å²) in [6.45, 7) is 2.39. The number of rotatable bonds is 4. The third kappa shape index (κ3) is 3.68. The minimum absolute atomic E-state index is 0.409. The molecule has 21 heavy (non-hydrogen) atoms. The maximum absolute atomic E-state index is 12.1. The number of hydrogen-bond donors (Lipinski definition) is 4. The van der Waals surface area contributed by atoms with Crippen molar-refractivity contribution in [2.45, 2.75) is 31.8 Å². The molecule has 0 aromatic heterocycles. The van der Waals surface area contributed by atoms with Gasteiger partial charge >= 0.3 is 12.0 Å². The number of primary amides is 1. The van der Waals surface area contributed by atoms with Crippen LogP contribution in [0.25, 0.3) is 0 Å². The fourth-order valence-corrected chi connectivity index (χ4v) is 1.74. The summed E-state index contributed by atoms with van der Waals surface area (Å²) in [5, 5.41) is 13.1. The van der Waals surface area contributed by atoms with Gasteiger partial charge < -0.3 is 21.1 Å². The van der Waals surface area contributed by atoms with Gasteiger partial charge in [-0.3, -0.25) is 19.7 Å². The highest BCUT2D eigenvalue weighted by atomic mass is 16.4. The monoisotopic (exact) mass is 300 g/mol. The number of carbonyl (C=O) groups excluding carboxylic acids is 4. The summed E-state index contributed by atoms with van der Waals surface area (Å²) in [6, 6.07) is -2.48. The van der Waals surface area contributed by atoms with E-state index < -0.39 is 54.3 Å². The number of carboxylic acids is 1. The summed E-state index contributed by atoms with van der Waals surface area (Å²) in [5.41, 5.74) is 3.56. The quantitative estimate of drug-likeness (QED) is 0.430. The lowest BCUT2D eigenvalue weighted by molar-refractivity contribution is -0.143. The van der Waals surface area contributed by atoms with E-state index in [0.717, 1.165) is 4.90 Å². The third-order valence-corrected chi connectivity index (χ3v) is 3.03. The second-order valence-electron chi connectivity index (χ2n) is 5.03. The fourth-order valence-electron chi connectivity index (χ4n) is 1.74. The van der Waals surface area contributed by atoms with E-state index in [-0.39, 0.29) is 0 Å². The highest BCUT2D eigenvalue weighted by molar-refractivity contribution is 6.06. The van der Waals surface area contributed by atoms with Crippen LogP contribution in [-0.2, 0) is 19.2 Å². The Morgan fingerprint density at radius 2 is 2.00 bits per heavy atom. The normalized spacial score (nSPS) is 18.7. The van der Waals surface area contributed by atoms with E-state index in [9.17, 15) is 24.0 Å². The molecule has 1 unspecified atom stereocenters. The highest BCUT2D eigenvalue weighted by Gasteiger charge is 2.44. The molecule has 1 heterocycles. The van der Waals surface area contributed by atoms with Crippen molar-refractivity contribution in [2.24, 2.45) is 5.73 Å². The first-order chi connectivity index (χ1) is 9.55. The Morgan fingerprint density at radius 3 is 2.48 bits per heavy atom. The highest BCUT2D eigenvalue weighted by Crippen LogP contribution is 2.18. The second-order valence-corrected chi connectivity index (χ2v) is 5.03. The number of imide groups is 1. The molecule has 1 fully saturated rings. The van der Waals surface area contributed by atoms with E-state index in [2.05, 4.69) is 10.6 Å². The van der Waals surface area contributed by atoms with Crippen LogP contribution in [0.15, 0.2) is 0 Å². The average molecular weight is 300 g/mol. The number of nitrogens with zero attached hydrogens (tertiary/aromatic N) is 1. The summed E-state index contributed by atoms with van der Waals surface area (Å²) < 4.78 is 0. The first kappa shape index (κ1) is 16.4. The molecule has 0 saturated carbocycles. The van der Waals surface area contributed by atoms with E-state index in [1.807, 2.05) is 0 Å². The van der Waals surface area contributed by atoms with Crippen LogP contribution in [0.1, 0.15) is 20.3 Å². The number of carboxylic acid groups (broad SMARTS) is 1. The second kappa shape index (κ2) is 5.77. The lowest BCUT2D eigenvalue weighted by Crippen LogP contribution is -2.67. The van der Waals surface area contributed by atoms with E-state index >= 15 is 0 Å². The van der Waals surface area contributed by atoms with Gasteiger partial charge in [0.1, 0.15) is 18.1 Å². The van der Waals surface area contributed by atoms with Crippen molar-refractivity contribution < 1.29 is 29.1 Å². The zero-order valence-corrected chi connectivity index (χ0v) is 11.5. The molecule has 0 aromatic carbocycles. The van der Waals surface area contributed by atoms with Crippen molar-refractivity contribution >= 4 is 29.7 Å². The van der Waals surface area contributed by atoms with Gasteiger partial charge in [-0.05, 0) is 13.8 Å². The topological polar surface area (TPSA) is 159 Å². The summed E-state index contributed by atoms with van der Waals surface area (Å²) in [5.74, 6) is -3.73. The largest absolute Gasteiger partial charge is 0.480 e. The van der Waals surface area contributed by atoms with Crippen molar-refractivity contribution in [2.75, 3.05) is 6.54 Å². The molecule has 0 spiro atoms. The molecule has 1 saturated heterocycles. The summed E-state index contributed by atoms with van der Waals surface area (Å²) in [4.78, 5) is 57.7. The van der Waals surface area contributed by atoms with Crippen LogP contribution in [0.5, 0.6) is 0 Å². The van der Waals surface area contributed by atoms with Crippen molar-refractivity contribution in [3.63, 3.8) is 0 Å². The van der Waals surface area contributed by atoms with E-state index in [1.165, 1.54) is 13.8 Å². The zero-order valence-electron chi connectivity index (χ0n) is 11.5. The molecule has 116 valence electrons. The molecule has 5 N–H and O–H groups in total. The molecule has 0 aromatic rings. The van der Waals surface area contributed by atoms with Gasteiger partial charge in [0.15, 0.2) is 0 Å². The number of hydrogen-bond acceptors (Lipinski definition) is 5. The van der Waals surface area contributed by atoms with Crippen molar-refractivity contribution in [1.29, 1.82) is 0 Å². The number of piperazine rings is 1. The number of amides is 5. The SMILES string of the molecule is CC1(C)C(=O)NC(=O)CN1C(=O)NC(CC(N)=O)C(=O)O. The predicted octanol–water partition coefficient (Wildman–Crippen LogP) is -2.24. The van der Waals surface area contributed by atoms with Gasteiger partial charge in [0.25, 0.3) is 5.91 Å². The van der Waals surface area contributed by atoms with Crippen LogP contribution in [-0.4, -0.2) is 57.9 Å². The molecule has 1 aliphatic heterocycles. The van der Waals surface area contributed by atoms with Gasteiger partial charge in [-0.25, -0.2) is 9.59 Å².